The van der Waals surface area contributed by atoms with Gasteiger partial charge in [0.1, 0.15) is 5.75 Å². The first-order chi connectivity index (χ1) is 8.67. The topological polar surface area (TPSA) is 29.5 Å². The molecule has 0 bridgehead atoms. The molecule has 0 fully saturated rings. The molecule has 0 saturated heterocycles. The maximum absolute atomic E-state index is 11.1. The van der Waals surface area contributed by atoms with Crippen molar-refractivity contribution in [3.8, 4) is 5.75 Å². The Bertz CT molecular complexity index is 356. The summed E-state index contributed by atoms with van der Waals surface area (Å²) in [5.41, 5.74) is 0.727. The number of ketones is 1. The molecule has 3 heteroatoms. The molecule has 1 aromatic carbocycles. The molecule has 0 heterocycles. The number of carbonyl (C=O) groups is 1. The molecule has 0 saturated carbocycles. The maximum atomic E-state index is 11.1. The first kappa shape index (κ1) is 17.6. The minimum atomic E-state index is 0. The number of nitrogens with zero attached hydrogens (tertiary/aromatic N) is 1. The number of hydrogen-bond donors (Lipinski definition) is 0. The molecule has 0 aliphatic carbocycles. The van der Waals surface area contributed by atoms with E-state index in [-0.39, 0.29) is 13.2 Å². The molecule has 0 amide bonds. The van der Waals surface area contributed by atoms with Gasteiger partial charge in [-0.1, -0.05) is 21.3 Å². The van der Waals surface area contributed by atoms with Crippen LogP contribution in [0.2, 0.25) is 0 Å². The zero-order valence-electron chi connectivity index (χ0n) is 11.6. The second-order valence-corrected chi connectivity index (χ2v) is 4.31. The molecular formula is C16H27NO2. The number of Topliss-reactive ketones (excluding diaryl/α,β-unsaturated/α-hetero) is 1. The third-order valence-corrected chi connectivity index (χ3v) is 3.04. The summed E-state index contributed by atoms with van der Waals surface area (Å²) in [4.78, 5) is 13.5. The summed E-state index contributed by atoms with van der Waals surface area (Å²) >= 11 is 0. The molecule has 0 aliphatic heterocycles. The van der Waals surface area contributed by atoms with Gasteiger partial charge in [-0.25, -0.2) is 0 Å². The second kappa shape index (κ2) is 9.56. The first-order valence-corrected chi connectivity index (χ1v) is 6.63. The highest BCUT2D eigenvalue weighted by Gasteiger charge is 2.01. The fourth-order valence-corrected chi connectivity index (χ4v) is 1.80. The zero-order chi connectivity index (χ0) is 13.4. The summed E-state index contributed by atoms with van der Waals surface area (Å²) in [6.45, 7) is 9.87. The summed E-state index contributed by atoms with van der Waals surface area (Å²) in [7, 11) is 0. The maximum Gasteiger partial charge on any atom is 0.159 e. The molecule has 1 rings (SSSR count). The zero-order valence-corrected chi connectivity index (χ0v) is 11.6. The predicted molar refractivity (Wildman–Crippen MR) is 81.1 cm³/mol. The summed E-state index contributed by atoms with van der Waals surface area (Å²) in [5, 5.41) is 0. The van der Waals surface area contributed by atoms with E-state index in [0.29, 0.717) is 0 Å². The molecule has 0 N–H and O–H groups in total. The van der Waals surface area contributed by atoms with Crippen LogP contribution in [0.3, 0.4) is 0 Å². The van der Waals surface area contributed by atoms with Crippen molar-refractivity contribution in [2.24, 2.45) is 0 Å². The van der Waals surface area contributed by atoms with E-state index < -0.39 is 0 Å². The quantitative estimate of drug-likeness (QED) is 0.531. The van der Waals surface area contributed by atoms with Crippen LogP contribution in [-0.4, -0.2) is 36.9 Å². The van der Waals surface area contributed by atoms with Gasteiger partial charge in [-0.05, 0) is 50.7 Å². The Morgan fingerprint density at radius 1 is 1.16 bits per heavy atom. The van der Waals surface area contributed by atoms with Crippen molar-refractivity contribution in [3.63, 3.8) is 0 Å². The molecule has 108 valence electrons. The first-order valence-electron chi connectivity index (χ1n) is 6.63. The van der Waals surface area contributed by atoms with Crippen LogP contribution in [0.4, 0.5) is 0 Å². The molecule has 0 unspecified atom stereocenters. The second-order valence-electron chi connectivity index (χ2n) is 4.31. The minimum Gasteiger partial charge on any atom is -0.494 e. The van der Waals surface area contributed by atoms with Gasteiger partial charge in [0.15, 0.2) is 5.78 Å². The standard InChI is InChI=1S/C15H23NO2.CH4/c1-4-16(5-2)11-6-12-18-15-9-7-14(8-10-15)13(3)17;/h7-10H,4-6,11-12H2,1-3H3;1H4. The average molecular weight is 265 g/mol. The SMILES string of the molecule is C.CCN(CC)CCCOc1ccc(C(C)=O)cc1. The van der Waals surface area contributed by atoms with Gasteiger partial charge in [0.2, 0.25) is 0 Å². The normalized spacial score (nSPS) is 10.1. The Kier molecular flexibility index (Phi) is 8.88. The highest BCUT2D eigenvalue weighted by Crippen LogP contribution is 2.12. The molecule has 0 aliphatic rings. The van der Waals surface area contributed by atoms with Crippen LogP contribution in [0.1, 0.15) is 45.0 Å². The highest BCUT2D eigenvalue weighted by molar-refractivity contribution is 5.94. The fourth-order valence-electron chi connectivity index (χ4n) is 1.80. The lowest BCUT2D eigenvalue weighted by Gasteiger charge is -2.17. The van der Waals surface area contributed by atoms with E-state index in [1.165, 1.54) is 0 Å². The van der Waals surface area contributed by atoms with E-state index in [2.05, 4.69) is 18.7 Å². The van der Waals surface area contributed by atoms with Crippen LogP contribution in [-0.2, 0) is 0 Å². The van der Waals surface area contributed by atoms with Gasteiger partial charge in [-0.2, -0.15) is 0 Å². The van der Waals surface area contributed by atoms with Gasteiger partial charge in [-0.15, -0.1) is 0 Å². The monoisotopic (exact) mass is 265 g/mol. The Morgan fingerprint density at radius 2 is 1.74 bits per heavy atom. The van der Waals surface area contributed by atoms with Crippen molar-refractivity contribution in [2.45, 2.75) is 34.6 Å². The van der Waals surface area contributed by atoms with Crippen LogP contribution in [0.15, 0.2) is 24.3 Å². The summed E-state index contributed by atoms with van der Waals surface area (Å²) < 4.78 is 5.64. The summed E-state index contributed by atoms with van der Waals surface area (Å²) in [6.07, 6.45) is 1.02. The Labute approximate surface area is 117 Å². The average Bonchev–Trinajstić information content (AvgIpc) is 2.39. The smallest absolute Gasteiger partial charge is 0.159 e. The van der Waals surface area contributed by atoms with Gasteiger partial charge >= 0.3 is 0 Å². The molecular weight excluding hydrogens is 238 g/mol. The summed E-state index contributed by atoms with van der Waals surface area (Å²) in [5.74, 6) is 0.919. The van der Waals surface area contributed by atoms with Crippen LogP contribution >= 0.6 is 0 Å². The predicted octanol–water partition coefficient (Wildman–Crippen LogP) is 3.64. The minimum absolute atomic E-state index is 0. The Morgan fingerprint density at radius 3 is 2.21 bits per heavy atom. The largest absolute Gasteiger partial charge is 0.494 e. The Balaban J connectivity index is 0.00000324. The lowest BCUT2D eigenvalue weighted by molar-refractivity contribution is 0.101. The molecule has 0 spiro atoms. The van der Waals surface area contributed by atoms with Gasteiger partial charge in [0.25, 0.3) is 0 Å². The number of ether oxygens (including phenoxy) is 1. The van der Waals surface area contributed by atoms with E-state index in [9.17, 15) is 4.79 Å². The van der Waals surface area contributed by atoms with Crippen molar-refractivity contribution in [3.05, 3.63) is 29.8 Å². The highest BCUT2D eigenvalue weighted by atomic mass is 16.5. The van der Waals surface area contributed by atoms with Crippen LogP contribution < -0.4 is 4.74 Å². The molecule has 1 aromatic rings. The van der Waals surface area contributed by atoms with Crippen molar-refractivity contribution in [1.29, 1.82) is 0 Å². The van der Waals surface area contributed by atoms with Gasteiger partial charge in [-0.3, -0.25) is 4.79 Å². The lowest BCUT2D eigenvalue weighted by atomic mass is 10.1. The molecule has 0 radical (unpaired) electrons. The molecule has 0 atom stereocenters. The van der Waals surface area contributed by atoms with E-state index in [4.69, 9.17) is 4.74 Å². The molecule has 19 heavy (non-hydrogen) atoms. The number of rotatable bonds is 8. The van der Waals surface area contributed by atoms with Gasteiger partial charge in [0.05, 0.1) is 6.61 Å². The van der Waals surface area contributed by atoms with E-state index in [1.54, 1.807) is 6.92 Å². The molecule has 3 nitrogen and oxygen atoms in total. The number of carbonyl (C=O) groups excluding carboxylic acids is 1. The van der Waals surface area contributed by atoms with E-state index in [0.717, 1.165) is 44.0 Å². The van der Waals surface area contributed by atoms with Crippen LogP contribution in [0.5, 0.6) is 5.75 Å². The van der Waals surface area contributed by atoms with E-state index in [1.807, 2.05) is 24.3 Å². The van der Waals surface area contributed by atoms with Gasteiger partial charge < -0.3 is 9.64 Å². The third kappa shape index (κ3) is 6.39. The Hall–Kier alpha value is -1.35. The van der Waals surface area contributed by atoms with Crippen LogP contribution in [0.25, 0.3) is 0 Å². The van der Waals surface area contributed by atoms with Gasteiger partial charge in [0, 0.05) is 12.1 Å². The van der Waals surface area contributed by atoms with Crippen LogP contribution in [0, 0.1) is 0 Å². The van der Waals surface area contributed by atoms with Crippen molar-refractivity contribution in [1.82, 2.24) is 4.90 Å². The van der Waals surface area contributed by atoms with Crippen molar-refractivity contribution >= 4 is 5.78 Å². The van der Waals surface area contributed by atoms with Crippen molar-refractivity contribution in [2.75, 3.05) is 26.2 Å². The number of hydrogen-bond acceptors (Lipinski definition) is 3. The lowest BCUT2D eigenvalue weighted by Crippen LogP contribution is -2.25. The van der Waals surface area contributed by atoms with E-state index >= 15 is 0 Å². The fraction of sp³-hybridized carbons (Fsp3) is 0.562. The number of benzene rings is 1. The summed E-state index contributed by atoms with van der Waals surface area (Å²) in [6, 6.07) is 7.33. The third-order valence-electron chi connectivity index (χ3n) is 3.04. The molecule has 0 aromatic heterocycles. The van der Waals surface area contributed by atoms with Crippen molar-refractivity contribution < 1.29 is 9.53 Å².